The van der Waals surface area contributed by atoms with Crippen LogP contribution in [0.5, 0.6) is 11.5 Å². The molecule has 0 saturated carbocycles. The molecule has 5 heteroatoms. The van der Waals surface area contributed by atoms with Crippen molar-refractivity contribution in [1.29, 1.82) is 0 Å². The molecular formula is C23H24N2O3. The monoisotopic (exact) mass is 376 g/mol. The molecule has 1 aliphatic heterocycles. The first-order chi connectivity index (χ1) is 13.3. The summed E-state index contributed by atoms with van der Waals surface area (Å²) < 4.78 is 5.93. The van der Waals surface area contributed by atoms with Crippen LogP contribution in [0.4, 0.5) is 4.79 Å². The molecule has 28 heavy (non-hydrogen) atoms. The number of urea groups is 1. The molecule has 2 aromatic carbocycles. The number of amides is 2. The minimum atomic E-state index is -0.457. The van der Waals surface area contributed by atoms with Crippen LogP contribution in [0.15, 0.2) is 65.9 Å². The van der Waals surface area contributed by atoms with E-state index in [4.69, 9.17) is 4.74 Å². The molecule has 0 fully saturated rings. The maximum absolute atomic E-state index is 13.0. The van der Waals surface area contributed by atoms with Crippen molar-refractivity contribution in [3.05, 3.63) is 71.4 Å². The van der Waals surface area contributed by atoms with E-state index < -0.39 is 6.04 Å². The van der Waals surface area contributed by atoms with Gasteiger partial charge in [-0.1, -0.05) is 44.2 Å². The third-order valence-corrected chi connectivity index (χ3v) is 5.33. The number of ether oxygens (including phenoxy) is 1. The summed E-state index contributed by atoms with van der Waals surface area (Å²) in [5.41, 5.74) is 2.21. The van der Waals surface area contributed by atoms with Gasteiger partial charge in [-0.2, -0.15) is 0 Å². The first-order valence-electron chi connectivity index (χ1n) is 9.47. The molecule has 1 aliphatic carbocycles. The molecular weight excluding hydrogens is 352 g/mol. The Balaban J connectivity index is 1.72. The second-order valence-corrected chi connectivity index (χ2v) is 8.23. The Hall–Kier alpha value is -3.08. The number of hydrogen-bond donors (Lipinski definition) is 1. The Morgan fingerprint density at radius 3 is 2.46 bits per heavy atom. The molecule has 1 unspecified atom stereocenters. The summed E-state index contributed by atoms with van der Waals surface area (Å²) in [4.78, 5) is 27.1. The van der Waals surface area contributed by atoms with Gasteiger partial charge in [-0.25, -0.2) is 4.79 Å². The fourth-order valence-corrected chi connectivity index (χ4v) is 3.98. The van der Waals surface area contributed by atoms with Crippen molar-refractivity contribution in [2.75, 3.05) is 7.05 Å². The van der Waals surface area contributed by atoms with Crippen LogP contribution in [0.25, 0.3) is 0 Å². The Kier molecular flexibility index (Phi) is 4.46. The second-order valence-electron chi connectivity index (χ2n) is 8.23. The maximum atomic E-state index is 13.0. The van der Waals surface area contributed by atoms with Crippen molar-refractivity contribution in [3.8, 4) is 11.5 Å². The van der Waals surface area contributed by atoms with Crippen LogP contribution in [-0.4, -0.2) is 23.8 Å². The fourth-order valence-electron chi connectivity index (χ4n) is 3.98. The largest absolute Gasteiger partial charge is 0.457 e. The highest BCUT2D eigenvalue weighted by Crippen LogP contribution is 2.44. The number of nitrogens with one attached hydrogen (secondary N) is 1. The molecule has 1 atom stereocenters. The van der Waals surface area contributed by atoms with Gasteiger partial charge in [0.15, 0.2) is 5.78 Å². The zero-order valence-electron chi connectivity index (χ0n) is 16.4. The predicted octanol–water partition coefficient (Wildman–Crippen LogP) is 4.82. The number of nitrogens with zero attached hydrogens (tertiary/aromatic N) is 1. The average Bonchev–Trinajstić information content (AvgIpc) is 2.65. The summed E-state index contributed by atoms with van der Waals surface area (Å²) in [6.07, 6.45) is 1.18. The SMILES string of the molecule is CN1C(=O)NC(c2cccc(Oc3ccccc3)c2)C2=C1CC(C)(C)CC2=O. The molecule has 2 aliphatic rings. The van der Waals surface area contributed by atoms with Gasteiger partial charge in [-0.05, 0) is 41.7 Å². The first-order valence-corrected chi connectivity index (χ1v) is 9.47. The van der Waals surface area contributed by atoms with Gasteiger partial charge in [0.05, 0.1) is 6.04 Å². The van der Waals surface area contributed by atoms with E-state index in [0.29, 0.717) is 24.2 Å². The van der Waals surface area contributed by atoms with Crippen molar-refractivity contribution in [3.63, 3.8) is 0 Å². The van der Waals surface area contributed by atoms with E-state index in [-0.39, 0.29) is 17.2 Å². The van der Waals surface area contributed by atoms with Crippen LogP contribution in [0.1, 0.15) is 38.3 Å². The second kappa shape index (κ2) is 6.82. The first kappa shape index (κ1) is 18.3. The number of rotatable bonds is 3. The van der Waals surface area contributed by atoms with Crippen LogP contribution in [0.2, 0.25) is 0 Å². The number of benzene rings is 2. The smallest absolute Gasteiger partial charge is 0.322 e. The average molecular weight is 376 g/mol. The molecule has 2 aromatic rings. The lowest BCUT2D eigenvalue weighted by Gasteiger charge is -2.42. The normalized spacial score (nSPS) is 21.2. The molecule has 4 rings (SSSR count). The summed E-state index contributed by atoms with van der Waals surface area (Å²) in [5, 5.41) is 2.98. The third kappa shape index (κ3) is 3.40. The highest BCUT2D eigenvalue weighted by molar-refractivity contribution is 6.01. The van der Waals surface area contributed by atoms with Gasteiger partial charge in [0.1, 0.15) is 11.5 Å². The quantitative estimate of drug-likeness (QED) is 0.836. The Morgan fingerprint density at radius 2 is 1.71 bits per heavy atom. The summed E-state index contributed by atoms with van der Waals surface area (Å²) in [5.74, 6) is 1.50. The molecule has 0 bridgehead atoms. The number of allylic oxidation sites excluding steroid dienone is 1. The van der Waals surface area contributed by atoms with Gasteiger partial charge < -0.3 is 15.0 Å². The zero-order valence-corrected chi connectivity index (χ0v) is 16.4. The summed E-state index contributed by atoms with van der Waals surface area (Å²) in [7, 11) is 1.73. The molecule has 0 radical (unpaired) electrons. The summed E-state index contributed by atoms with van der Waals surface area (Å²) in [6.45, 7) is 4.14. The lowest BCUT2D eigenvalue weighted by atomic mass is 9.72. The van der Waals surface area contributed by atoms with Gasteiger partial charge in [-0.3, -0.25) is 4.79 Å². The van der Waals surface area contributed by atoms with Gasteiger partial charge >= 0.3 is 6.03 Å². The maximum Gasteiger partial charge on any atom is 0.322 e. The van der Waals surface area contributed by atoms with E-state index in [9.17, 15) is 9.59 Å². The van der Waals surface area contributed by atoms with Crippen molar-refractivity contribution in [2.24, 2.45) is 5.41 Å². The standard InChI is InChI=1S/C23H24N2O3/c1-23(2)13-18-20(19(26)14-23)21(24-22(27)25(18)3)15-8-7-11-17(12-15)28-16-9-5-4-6-10-16/h4-12,21H,13-14H2,1-3H3,(H,24,27). The van der Waals surface area contributed by atoms with E-state index in [1.165, 1.54) is 0 Å². The Morgan fingerprint density at radius 1 is 1.00 bits per heavy atom. The van der Waals surface area contributed by atoms with Crippen molar-refractivity contribution >= 4 is 11.8 Å². The molecule has 0 spiro atoms. The molecule has 0 aromatic heterocycles. The summed E-state index contributed by atoms with van der Waals surface area (Å²) >= 11 is 0. The lowest BCUT2D eigenvalue weighted by molar-refractivity contribution is -0.118. The summed E-state index contributed by atoms with van der Waals surface area (Å²) in [6, 6.07) is 16.4. The van der Waals surface area contributed by atoms with Crippen LogP contribution in [-0.2, 0) is 4.79 Å². The van der Waals surface area contributed by atoms with E-state index in [1.807, 2.05) is 54.6 Å². The Labute approximate surface area is 165 Å². The third-order valence-electron chi connectivity index (χ3n) is 5.33. The molecule has 0 saturated heterocycles. The van der Waals surface area contributed by atoms with Gasteiger partial charge in [-0.15, -0.1) is 0 Å². The topological polar surface area (TPSA) is 58.6 Å². The molecule has 2 amide bonds. The van der Waals surface area contributed by atoms with Gasteiger partial charge in [0, 0.05) is 24.7 Å². The van der Waals surface area contributed by atoms with E-state index >= 15 is 0 Å². The van der Waals surface area contributed by atoms with E-state index in [0.717, 1.165) is 17.0 Å². The van der Waals surface area contributed by atoms with E-state index in [1.54, 1.807) is 11.9 Å². The Bertz CT molecular complexity index is 963. The van der Waals surface area contributed by atoms with Crippen molar-refractivity contribution < 1.29 is 14.3 Å². The van der Waals surface area contributed by atoms with Crippen molar-refractivity contribution in [2.45, 2.75) is 32.7 Å². The van der Waals surface area contributed by atoms with E-state index in [2.05, 4.69) is 19.2 Å². The highest BCUT2D eigenvalue weighted by Gasteiger charge is 2.42. The number of Topliss-reactive ketones (excluding diaryl/α,β-unsaturated/α-hetero) is 1. The minimum absolute atomic E-state index is 0.0949. The molecule has 5 nitrogen and oxygen atoms in total. The van der Waals surface area contributed by atoms with Gasteiger partial charge in [0.2, 0.25) is 0 Å². The predicted molar refractivity (Wildman–Crippen MR) is 107 cm³/mol. The number of para-hydroxylation sites is 1. The highest BCUT2D eigenvalue weighted by atomic mass is 16.5. The van der Waals surface area contributed by atoms with Crippen LogP contribution in [0, 0.1) is 5.41 Å². The fraction of sp³-hybridized carbons (Fsp3) is 0.304. The molecule has 1 N–H and O–H groups in total. The molecule has 144 valence electrons. The number of carbonyl (C=O) groups is 2. The number of hydrogen-bond acceptors (Lipinski definition) is 3. The lowest BCUT2D eigenvalue weighted by Crippen LogP contribution is -2.49. The van der Waals surface area contributed by atoms with Crippen LogP contribution < -0.4 is 10.1 Å². The van der Waals surface area contributed by atoms with Crippen molar-refractivity contribution in [1.82, 2.24) is 10.2 Å². The number of ketones is 1. The van der Waals surface area contributed by atoms with Gasteiger partial charge in [0.25, 0.3) is 0 Å². The molecule has 1 heterocycles. The zero-order chi connectivity index (χ0) is 19.9. The number of carbonyl (C=O) groups excluding carboxylic acids is 2. The van der Waals surface area contributed by atoms with Crippen LogP contribution in [0.3, 0.4) is 0 Å². The van der Waals surface area contributed by atoms with Crippen LogP contribution >= 0.6 is 0 Å². The minimum Gasteiger partial charge on any atom is -0.457 e.